The SMILES string of the molecule is CCOC(=O)CC(O)CC(O)/C=C/C1C(c2ccc(F)cc2)CC(OCC2CCCNC2)CC1C(C)C. The maximum atomic E-state index is 13.7. The predicted molar refractivity (Wildman–Crippen MR) is 143 cm³/mol. The van der Waals surface area contributed by atoms with E-state index in [9.17, 15) is 19.4 Å². The Morgan fingerprint density at radius 1 is 1.22 bits per heavy atom. The van der Waals surface area contributed by atoms with Gasteiger partial charge in [-0.3, -0.25) is 4.79 Å². The second-order valence-electron chi connectivity index (χ2n) is 11.1. The molecule has 2 aliphatic rings. The van der Waals surface area contributed by atoms with Crippen molar-refractivity contribution in [3.8, 4) is 0 Å². The number of hydrogen-bond donors (Lipinski definition) is 3. The van der Waals surface area contributed by atoms with Gasteiger partial charge in [-0.2, -0.15) is 0 Å². The third-order valence-corrected chi connectivity index (χ3v) is 7.91. The van der Waals surface area contributed by atoms with E-state index >= 15 is 0 Å². The van der Waals surface area contributed by atoms with Crippen molar-refractivity contribution in [2.75, 3.05) is 26.3 Å². The highest BCUT2D eigenvalue weighted by atomic mass is 19.1. The molecule has 37 heavy (non-hydrogen) atoms. The number of carbonyl (C=O) groups is 1. The minimum absolute atomic E-state index is 0.0662. The van der Waals surface area contributed by atoms with Crippen molar-refractivity contribution in [3.63, 3.8) is 0 Å². The van der Waals surface area contributed by atoms with Gasteiger partial charge in [0.15, 0.2) is 0 Å². The van der Waals surface area contributed by atoms with Gasteiger partial charge in [0.2, 0.25) is 0 Å². The van der Waals surface area contributed by atoms with Crippen molar-refractivity contribution >= 4 is 5.97 Å². The van der Waals surface area contributed by atoms with Gasteiger partial charge in [0.05, 0.1) is 37.9 Å². The summed E-state index contributed by atoms with van der Waals surface area (Å²) in [6.45, 7) is 9.28. The number of halogens is 1. The lowest BCUT2D eigenvalue weighted by atomic mass is 9.64. The van der Waals surface area contributed by atoms with E-state index in [0.29, 0.717) is 17.8 Å². The molecule has 1 saturated carbocycles. The summed E-state index contributed by atoms with van der Waals surface area (Å²) in [5.74, 6) is 0.811. The Morgan fingerprint density at radius 2 is 1.97 bits per heavy atom. The van der Waals surface area contributed by atoms with Crippen molar-refractivity contribution in [1.29, 1.82) is 0 Å². The van der Waals surface area contributed by atoms with Crippen LogP contribution in [0.2, 0.25) is 0 Å². The molecule has 0 radical (unpaired) electrons. The Morgan fingerprint density at radius 3 is 2.62 bits per heavy atom. The Kier molecular flexibility index (Phi) is 12.0. The summed E-state index contributed by atoms with van der Waals surface area (Å²) in [7, 11) is 0. The van der Waals surface area contributed by atoms with Gasteiger partial charge in [-0.25, -0.2) is 4.39 Å². The number of allylic oxidation sites excluding steroid dienone is 1. The number of ether oxygens (including phenoxy) is 2. The number of benzene rings is 1. The fraction of sp³-hybridized carbons (Fsp3) is 0.700. The third kappa shape index (κ3) is 9.47. The molecule has 1 heterocycles. The smallest absolute Gasteiger partial charge is 0.308 e. The summed E-state index contributed by atoms with van der Waals surface area (Å²) < 4.78 is 25.1. The van der Waals surface area contributed by atoms with Crippen molar-refractivity contribution in [2.24, 2.45) is 23.7 Å². The molecule has 6 nitrogen and oxygen atoms in total. The Balaban J connectivity index is 1.72. The van der Waals surface area contributed by atoms with Crippen LogP contribution in [0.15, 0.2) is 36.4 Å². The maximum Gasteiger partial charge on any atom is 0.308 e. The molecule has 3 rings (SSSR count). The summed E-state index contributed by atoms with van der Waals surface area (Å²) in [5, 5.41) is 24.3. The van der Waals surface area contributed by atoms with Crippen molar-refractivity contribution in [2.45, 2.75) is 83.5 Å². The van der Waals surface area contributed by atoms with Gasteiger partial charge >= 0.3 is 5.97 Å². The summed E-state index contributed by atoms with van der Waals surface area (Å²) in [5.41, 5.74) is 1.08. The predicted octanol–water partition coefficient (Wildman–Crippen LogP) is 4.60. The second kappa shape index (κ2) is 15.0. The van der Waals surface area contributed by atoms with E-state index in [1.54, 1.807) is 13.0 Å². The molecule has 3 N–H and O–H groups in total. The largest absolute Gasteiger partial charge is 0.466 e. The van der Waals surface area contributed by atoms with Gasteiger partial charge < -0.3 is 25.0 Å². The zero-order chi connectivity index (χ0) is 26.8. The number of rotatable bonds is 12. The summed E-state index contributed by atoms with van der Waals surface area (Å²) in [4.78, 5) is 11.6. The van der Waals surface area contributed by atoms with Crippen LogP contribution in [0, 0.1) is 29.5 Å². The van der Waals surface area contributed by atoms with Crippen LogP contribution in [0.25, 0.3) is 0 Å². The van der Waals surface area contributed by atoms with E-state index in [1.807, 2.05) is 12.1 Å². The quantitative estimate of drug-likeness (QED) is 0.276. The van der Waals surface area contributed by atoms with E-state index in [2.05, 4.69) is 25.2 Å². The highest BCUT2D eigenvalue weighted by Gasteiger charge is 2.39. The van der Waals surface area contributed by atoms with Gasteiger partial charge in [-0.1, -0.05) is 38.1 Å². The molecule has 0 bridgehead atoms. The first-order valence-corrected chi connectivity index (χ1v) is 14.0. The van der Waals surface area contributed by atoms with E-state index in [0.717, 1.165) is 38.1 Å². The Bertz CT molecular complexity index is 839. The summed E-state index contributed by atoms with van der Waals surface area (Å²) in [6, 6.07) is 6.76. The molecule has 7 atom stereocenters. The normalized spacial score (nSPS) is 28.4. The molecular formula is C30H46FNO5. The Labute approximate surface area is 221 Å². The molecule has 0 spiro atoms. The van der Waals surface area contributed by atoms with Gasteiger partial charge in [-0.15, -0.1) is 0 Å². The summed E-state index contributed by atoms with van der Waals surface area (Å²) in [6.07, 6.45) is 6.20. The zero-order valence-corrected chi connectivity index (χ0v) is 22.7. The lowest BCUT2D eigenvalue weighted by Gasteiger charge is -2.43. The molecule has 1 aromatic carbocycles. The average Bonchev–Trinajstić information content (AvgIpc) is 2.87. The number of aliphatic hydroxyl groups excluding tert-OH is 2. The van der Waals surface area contributed by atoms with E-state index in [-0.39, 0.29) is 43.2 Å². The van der Waals surface area contributed by atoms with Crippen LogP contribution in [0.3, 0.4) is 0 Å². The zero-order valence-electron chi connectivity index (χ0n) is 22.7. The van der Waals surface area contributed by atoms with Crippen LogP contribution < -0.4 is 5.32 Å². The molecule has 7 heteroatoms. The molecule has 0 aromatic heterocycles. The van der Waals surface area contributed by atoms with Crippen LogP contribution in [0.4, 0.5) is 4.39 Å². The minimum atomic E-state index is -0.967. The molecule has 208 valence electrons. The topological polar surface area (TPSA) is 88.0 Å². The standard InChI is InChI=1S/C30H46FNO5/c1-4-36-30(35)15-25(34)14-24(33)11-12-27-28(20(2)3)16-26(37-19-21-6-5-13-32-18-21)17-29(27)22-7-9-23(31)10-8-22/h7-12,20-21,24-29,32-34H,4-6,13-19H2,1-3H3/b12-11+. The van der Waals surface area contributed by atoms with Gasteiger partial charge in [0.1, 0.15) is 5.82 Å². The van der Waals surface area contributed by atoms with Crippen LogP contribution in [-0.2, 0) is 14.3 Å². The monoisotopic (exact) mass is 519 g/mol. The number of carbonyl (C=O) groups excluding carboxylic acids is 1. The third-order valence-electron chi connectivity index (χ3n) is 7.91. The highest BCUT2D eigenvalue weighted by molar-refractivity contribution is 5.69. The molecule has 1 aliphatic heterocycles. The lowest BCUT2D eigenvalue weighted by Crippen LogP contribution is -2.39. The minimum Gasteiger partial charge on any atom is -0.466 e. The van der Waals surface area contributed by atoms with Gasteiger partial charge in [-0.05, 0) is 86.4 Å². The number of piperidine rings is 1. The van der Waals surface area contributed by atoms with E-state index in [4.69, 9.17) is 9.47 Å². The van der Waals surface area contributed by atoms with Crippen molar-refractivity contribution in [1.82, 2.24) is 5.32 Å². The molecular weight excluding hydrogens is 473 g/mol. The van der Waals surface area contributed by atoms with Crippen LogP contribution in [-0.4, -0.2) is 60.8 Å². The van der Waals surface area contributed by atoms with Crippen molar-refractivity contribution < 1.29 is 28.9 Å². The average molecular weight is 520 g/mol. The number of aliphatic hydroxyl groups is 2. The van der Waals surface area contributed by atoms with E-state index in [1.165, 1.54) is 25.0 Å². The van der Waals surface area contributed by atoms with Gasteiger partial charge in [0, 0.05) is 13.0 Å². The Hall–Kier alpha value is -1.80. The summed E-state index contributed by atoms with van der Waals surface area (Å²) >= 11 is 0. The lowest BCUT2D eigenvalue weighted by molar-refractivity contribution is -0.145. The van der Waals surface area contributed by atoms with Crippen LogP contribution in [0.5, 0.6) is 0 Å². The molecule has 1 aliphatic carbocycles. The molecule has 1 saturated heterocycles. The van der Waals surface area contributed by atoms with Gasteiger partial charge in [0.25, 0.3) is 0 Å². The van der Waals surface area contributed by atoms with E-state index < -0.39 is 18.2 Å². The maximum absolute atomic E-state index is 13.7. The first-order chi connectivity index (χ1) is 17.8. The highest BCUT2D eigenvalue weighted by Crippen LogP contribution is 2.46. The fourth-order valence-corrected chi connectivity index (χ4v) is 5.94. The molecule has 7 unspecified atom stereocenters. The van der Waals surface area contributed by atoms with Crippen LogP contribution in [0.1, 0.15) is 70.8 Å². The molecule has 2 fully saturated rings. The first kappa shape index (κ1) is 29.8. The first-order valence-electron chi connectivity index (χ1n) is 14.0. The van der Waals surface area contributed by atoms with Crippen LogP contribution >= 0.6 is 0 Å². The molecule has 0 amide bonds. The molecule has 1 aromatic rings. The van der Waals surface area contributed by atoms with Crippen molar-refractivity contribution in [3.05, 3.63) is 47.8 Å². The fourth-order valence-electron chi connectivity index (χ4n) is 5.94. The second-order valence-corrected chi connectivity index (χ2v) is 11.1. The number of hydrogen-bond acceptors (Lipinski definition) is 6. The number of esters is 1. The number of nitrogens with one attached hydrogen (secondary N) is 1.